The zero-order valence-corrected chi connectivity index (χ0v) is 19.0. The molecule has 1 aromatic heterocycles. The first kappa shape index (κ1) is 24.2. The summed E-state index contributed by atoms with van der Waals surface area (Å²) in [5.41, 5.74) is 0.793. The van der Waals surface area contributed by atoms with Crippen LogP contribution in [0.5, 0.6) is 11.8 Å². The van der Waals surface area contributed by atoms with Gasteiger partial charge in [0.25, 0.3) is 5.91 Å². The molecule has 3 aromatic rings. The average molecular weight is 475 g/mol. The molecule has 0 bridgehead atoms. The zero-order valence-electron chi connectivity index (χ0n) is 18.2. The fourth-order valence-electron chi connectivity index (χ4n) is 3.14. The Morgan fingerprint density at radius 3 is 2.55 bits per heavy atom. The lowest BCUT2D eigenvalue weighted by Crippen LogP contribution is -2.32. The lowest BCUT2D eigenvalue weighted by atomic mass is 10.2. The van der Waals surface area contributed by atoms with E-state index in [1.165, 1.54) is 33.5 Å². The van der Waals surface area contributed by atoms with Crippen LogP contribution in [0.3, 0.4) is 0 Å². The number of halogens is 2. The van der Waals surface area contributed by atoms with Gasteiger partial charge in [0.2, 0.25) is 6.41 Å². The molecular formula is C23H24ClFN4O4. The fourth-order valence-corrected chi connectivity index (χ4v) is 3.31. The van der Waals surface area contributed by atoms with Crippen molar-refractivity contribution in [3.05, 3.63) is 70.6 Å². The second kappa shape index (κ2) is 10.9. The van der Waals surface area contributed by atoms with Crippen LogP contribution in [0.1, 0.15) is 22.5 Å². The molecular weight excluding hydrogens is 451 g/mol. The summed E-state index contributed by atoms with van der Waals surface area (Å²) in [7, 11) is 3.06. The quantitative estimate of drug-likeness (QED) is 0.454. The van der Waals surface area contributed by atoms with Gasteiger partial charge in [-0.25, -0.2) is 4.39 Å². The van der Waals surface area contributed by atoms with E-state index in [4.69, 9.17) is 21.4 Å². The molecule has 1 heterocycles. The van der Waals surface area contributed by atoms with Crippen LogP contribution in [0.2, 0.25) is 5.02 Å². The van der Waals surface area contributed by atoms with Gasteiger partial charge in [-0.05, 0) is 36.2 Å². The molecule has 0 saturated carbocycles. The first-order chi connectivity index (χ1) is 15.8. The minimum atomic E-state index is -0.421. The molecule has 8 nitrogen and oxygen atoms in total. The standard InChI is InChI=1S/C23H24ClFN4O4/c1-27(12-5-13-30)22(32)20-21(28(2)15-31)26-23(33-19-7-4-3-6-18(19)24)29(20)14-16-8-10-17(25)11-9-16/h3-4,6-11,15,30H,5,12-14H2,1-2H3. The topological polar surface area (TPSA) is 87.9 Å². The van der Waals surface area contributed by atoms with Gasteiger partial charge in [0.05, 0.1) is 11.6 Å². The van der Waals surface area contributed by atoms with Crippen LogP contribution in [-0.2, 0) is 11.3 Å². The van der Waals surface area contributed by atoms with Crippen molar-refractivity contribution in [2.24, 2.45) is 0 Å². The maximum absolute atomic E-state index is 13.4. The van der Waals surface area contributed by atoms with Crippen molar-refractivity contribution in [3.63, 3.8) is 0 Å². The number of aliphatic hydroxyl groups excluding tert-OH is 1. The number of aromatic nitrogens is 2. The lowest BCUT2D eigenvalue weighted by molar-refractivity contribution is -0.107. The highest BCUT2D eigenvalue weighted by Gasteiger charge is 2.29. The van der Waals surface area contributed by atoms with Crippen LogP contribution in [-0.4, -0.2) is 59.1 Å². The highest BCUT2D eigenvalue weighted by Crippen LogP contribution is 2.33. The summed E-state index contributed by atoms with van der Waals surface area (Å²) >= 11 is 6.24. The molecule has 10 heteroatoms. The summed E-state index contributed by atoms with van der Waals surface area (Å²) in [5, 5.41) is 9.48. The van der Waals surface area contributed by atoms with Crippen LogP contribution in [0, 0.1) is 5.82 Å². The normalized spacial score (nSPS) is 10.7. The Bertz CT molecular complexity index is 1120. The van der Waals surface area contributed by atoms with Gasteiger partial charge in [0.15, 0.2) is 11.5 Å². The molecule has 0 radical (unpaired) electrons. The van der Waals surface area contributed by atoms with Gasteiger partial charge in [0.1, 0.15) is 11.6 Å². The number of amides is 2. The molecule has 0 aliphatic heterocycles. The van der Waals surface area contributed by atoms with Crippen molar-refractivity contribution < 1.29 is 23.8 Å². The summed E-state index contributed by atoms with van der Waals surface area (Å²) in [5.74, 6) is -0.401. The van der Waals surface area contributed by atoms with Gasteiger partial charge in [-0.15, -0.1) is 0 Å². The summed E-state index contributed by atoms with van der Waals surface area (Å²) < 4.78 is 20.9. The van der Waals surface area contributed by atoms with E-state index in [2.05, 4.69) is 4.98 Å². The van der Waals surface area contributed by atoms with Gasteiger partial charge in [-0.3, -0.25) is 14.2 Å². The Labute approximate surface area is 195 Å². The summed E-state index contributed by atoms with van der Waals surface area (Å²) in [6.45, 7) is 0.338. The first-order valence-electron chi connectivity index (χ1n) is 10.2. The summed E-state index contributed by atoms with van der Waals surface area (Å²) in [6.07, 6.45) is 0.921. The Morgan fingerprint density at radius 2 is 1.91 bits per heavy atom. The van der Waals surface area contributed by atoms with E-state index in [0.717, 1.165) is 0 Å². The van der Waals surface area contributed by atoms with E-state index in [9.17, 15) is 14.0 Å². The highest BCUT2D eigenvalue weighted by atomic mass is 35.5. The van der Waals surface area contributed by atoms with Crippen LogP contribution >= 0.6 is 11.6 Å². The third-order valence-corrected chi connectivity index (χ3v) is 5.21. The van der Waals surface area contributed by atoms with Gasteiger partial charge in [0, 0.05) is 27.2 Å². The lowest BCUT2D eigenvalue weighted by Gasteiger charge is -2.20. The van der Waals surface area contributed by atoms with E-state index in [0.29, 0.717) is 35.7 Å². The fraction of sp³-hybridized carbons (Fsp3) is 0.261. The molecule has 1 N–H and O–H groups in total. The Kier molecular flexibility index (Phi) is 8.02. The zero-order chi connectivity index (χ0) is 24.0. The Balaban J connectivity index is 2.15. The Morgan fingerprint density at radius 1 is 1.21 bits per heavy atom. The van der Waals surface area contributed by atoms with E-state index in [1.54, 1.807) is 43.4 Å². The first-order valence-corrected chi connectivity index (χ1v) is 10.5. The second-order valence-electron chi connectivity index (χ2n) is 7.33. The molecule has 0 aliphatic carbocycles. The minimum absolute atomic E-state index is 0.0371. The third kappa shape index (κ3) is 5.68. The van der Waals surface area contributed by atoms with Crippen molar-refractivity contribution in [1.29, 1.82) is 0 Å². The number of anilines is 1. The number of hydrogen-bond acceptors (Lipinski definition) is 5. The third-order valence-electron chi connectivity index (χ3n) is 4.90. The molecule has 33 heavy (non-hydrogen) atoms. The predicted molar refractivity (Wildman–Crippen MR) is 122 cm³/mol. The molecule has 0 saturated heterocycles. The molecule has 0 aliphatic rings. The van der Waals surface area contributed by atoms with E-state index < -0.39 is 11.7 Å². The smallest absolute Gasteiger partial charge is 0.304 e. The molecule has 0 fully saturated rings. The van der Waals surface area contributed by atoms with Crippen molar-refractivity contribution >= 4 is 29.7 Å². The molecule has 174 valence electrons. The van der Waals surface area contributed by atoms with Crippen LogP contribution in [0.25, 0.3) is 0 Å². The van der Waals surface area contributed by atoms with Crippen LogP contribution in [0.15, 0.2) is 48.5 Å². The number of hydrogen-bond donors (Lipinski definition) is 1. The number of imidazole rings is 1. The monoisotopic (exact) mass is 474 g/mol. The van der Waals surface area contributed by atoms with Crippen molar-refractivity contribution in [2.45, 2.75) is 13.0 Å². The number of carbonyl (C=O) groups is 2. The van der Waals surface area contributed by atoms with Gasteiger partial charge in [-0.1, -0.05) is 35.9 Å². The number of nitrogens with zero attached hydrogens (tertiary/aromatic N) is 4. The minimum Gasteiger partial charge on any atom is -0.424 e. The van der Waals surface area contributed by atoms with Crippen LogP contribution in [0.4, 0.5) is 10.2 Å². The maximum atomic E-state index is 13.4. The number of rotatable bonds is 10. The average Bonchev–Trinajstić information content (AvgIpc) is 3.17. The van der Waals surface area contributed by atoms with Gasteiger partial charge in [-0.2, -0.15) is 4.98 Å². The van der Waals surface area contributed by atoms with E-state index in [-0.39, 0.29) is 30.7 Å². The number of carbonyl (C=O) groups excluding carboxylic acids is 2. The Hall–Kier alpha value is -3.43. The second-order valence-corrected chi connectivity index (χ2v) is 7.74. The number of aliphatic hydroxyl groups is 1. The molecule has 0 spiro atoms. The number of benzene rings is 2. The van der Waals surface area contributed by atoms with Crippen molar-refractivity contribution in [3.8, 4) is 11.8 Å². The van der Waals surface area contributed by atoms with Gasteiger partial charge < -0.3 is 19.6 Å². The number of para-hydroxylation sites is 1. The van der Waals surface area contributed by atoms with E-state index in [1.807, 2.05) is 0 Å². The molecule has 2 amide bonds. The largest absolute Gasteiger partial charge is 0.424 e. The maximum Gasteiger partial charge on any atom is 0.304 e. The SMILES string of the molecule is CN(CCCO)C(=O)c1c(N(C)C=O)nc(Oc2ccccc2Cl)n1Cc1ccc(F)cc1. The van der Waals surface area contributed by atoms with Crippen LogP contribution < -0.4 is 9.64 Å². The molecule has 0 atom stereocenters. The van der Waals surface area contributed by atoms with Crippen molar-refractivity contribution in [1.82, 2.24) is 14.5 Å². The molecule has 3 rings (SSSR count). The summed E-state index contributed by atoms with van der Waals surface area (Å²) in [4.78, 5) is 32.0. The predicted octanol–water partition coefficient (Wildman–Crippen LogP) is 3.56. The number of ether oxygens (including phenoxy) is 1. The van der Waals surface area contributed by atoms with Crippen molar-refractivity contribution in [2.75, 3.05) is 32.1 Å². The van der Waals surface area contributed by atoms with E-state index >= 15 is 0 Å². The molecule has 0 unspecified atom stereocenters. The summed E-state index contributed by atoms with van der Waals surface area (Å²) in [6, 6.07) is 12.6. The molecule has 2 aromatic carbocycles. The van der Waals surface area contributed by atoms with Gasteiger partial charge >= 0.3 is 6.01 Å². The highest BCUT2D eigenvalue weighted by molar-refractivity contribution is 6.32.